The summed E-state index contributed by atoms with van der Waals surface area (Å²) >= 11 is 19.7. The van der Waals surface area contributed by atoms with Crippen LogP contribution in [0.4, 0.5) is 0 Å². The van der Waals surface area contributed by atoms with Crippen molar-refractivity contribution in [3.8, 4) is 11.1 Å². The van der Waals surface area contributed by atoms with Crippen LogP contribution >= 0.6 is 82.1 Å². The van der Waals surface area contributed by atoms with Crippen LogP contribution in [0.1, 0.15) is 0 Å². The zero-order valence-electron chi connectivity index (χ0n) is 6.48. The molecule has 0 aliphatic rings. The highest BCUT2D eigenvalue weighted by Gasteiger charge is 2.16. The third kappa shape index (κ3) is 1.99. The van der Waals surface area contributed by atoms with E-state index in [1.54, 1.807) is 11.3 Å². The minimum absolute atomic E-state index is 0.782. The highest BCUT2D eigenvalue weighted by atomic mass is 79.9. The summed E-state index contributed by atoms with van der Waals surface area (Å²) in [6.07, 6.45) is 0. The second-order valence-corrected chi connectivity index (χ2v) is 7.80. The van der Waals surface area contributed by atoms with E-state index in [-0.39, 0.29) is 0 Å². The lowest BCUT2D eigenvalue weighted by Crippen LogP contribution is -1.72. The molecule has 0 N–H and O–H groups in total. The molecule has 0 spiro atoms. The van der Waals surface area contributed by atoms with Gasteiger partial charge in [0, 0.05) is 26.4 Å². The van der Waals surface area contributed by atoms with Crippen molar-refractivity contribution in [1.82, 2.24) is 0 Å². The van der Waals surface area contributed by atoms with E-state index in [4.69, 9.17) is 11.6 Å². The Balaban J connectivity index is 2.65. The molecular formula is C8H2Br3ClS2. The molecule has 0 atom stereocenters. The van der Waals surface area contributed by atoms with Gasteiger partial charge in [-0.05, 0) is 47.8 Å². The topological polar surface area (TPSA) is 0 Å². The zero-order chi connectivity index (χ0) is 10.3. The fourth-order valence-corrected chi connectivity index (χ4v) is 5.15. The summed E-state index contributed by atoms with van der Waals surface area (Å²) in [7, 11) is 0. The standard InChI is InChI=1S/C8H2Br3ClS2/c9-4-2-13-7(11)5(4)3-1-14-8(12)6(3)10/h1-2H. The van der Waals surface area contributed by atoms with Crippen LogP contribution in [0.3, 0.4) is 0 Å². The van der Waals surface area contributed by atoms with Crippen molar-refractivity contribution in [2.75, 3.05) is 0 Å². The first-order valence-corrected chi connectivity index (χ1v) is 7.98. The maximum Gasteiger partial charge on any atom is 0.108 e. The average molecular weight is 437 g/mol. The molecule has 0 aromatic carbocycles. The molecule has 0 aliphatic carbocycles. The van der Waals surface area contributed by atoms with Gasteiger partial charge in [0.05, 0.1) is 8.26 Å². The summed E-state index contributed by atoms with van der Waals surface area (Å²) < 4.78 is 3.94. The van der Waals surface area contributed by atoms with E-state index in [1.165, 1.54) is 11.3 Å². The lowest BCUT2D eigenvalue weighted by Gasteiger charge is -1.98. The normalized spacial score (nSPS) is 10.9. The third-order valence-corrected chi connectivity index (χ3v) is 6.85. The highest BCUT2D eigenvalue weighted by Crippen LogP contribution is 2.46. The first kappa shape index (κ1) is 11.6. The second-order valence-electron chi connectivity index (χ2n) is 2.47. The van der Waals surface area contributed by atoms with Gasteiger partial charge in [0.15, 0.2) is 0 Å². The molecule has 0 unspecified atom stereocenters. The molecule has 14 heavy (non-hydrogen) atoms. The Kier molecular flexibility index (Phi) is 3.78. The molecule has 0 saturated heterocycles. The monoisotopic (exact) mass is 434 g/mol. The highest BCUT2D eigenvalue weighted by molar-refractivity contribution is 9.11. The molecule has 2 aromatic rings. The molecular weight excluding hydrogens is 435 g/mol. The quantitative estimate of drug-likeness (QED) is 0.483. The number of thiophene rings is 2. The first-order valence-electron chi connectivity index (χ1n) is 3.46. The van der Waals surface area contributed by atoms with Gasteiger partial charge >= 0.3 is 0 Å². The SMILES string of the molecule is Clc1scc(-c2c(Br)csc2Br)c1Br. The van der Waals surface area contributed by atoms with Crippen LogP contribution in [-0.2, 0) is 0 Å². The Morgan fingerprint density at radius 2 is 1.79 bits per heavy atom. The van der Waals surface area contributed by atoms with Crippen molar-refractivity contribution in [2.45, 2.75) is 0 Å². The van der Waals surface area contributed by atoms with Crippen molar-refractivity contribution in [3.05, 3.63) is 27.8 Å². The predicted octanol–water partition coefficient (Wildman–Crippen LogP) is 6.42. The van der Waals surface area contributed by atoms with E-state index in [0.29, 0.717) is 0 Å². The average Bonchev–Trinajstić information content (AvgIpc) is 2.62. The van der Waals surface area contributed by atoms with Crippen LogP contribution in [0.5, 0.6) is 0 Å². The van der Waals surface area contributed by atoms with Gasteiger partial charge in [-0.1, -0.05) is 11.6 Å². The molecule has 2 aromatic heterocycles. The summed E-state index contributed by atoms with van der Waals surface area (Å²) in [6, 6.07) is 0. The van der Waals surface area contributed by atoms with Gasteiger partial charge in [-0.2, -0.15) is 0 Å². The van der Waals surface area contributed by atoms with E-state index in [2.05, 4.69) is 53.2 Å². The van der Waals surface area contributed by atoms with Crippen molar-refractivity contribution in [1.29, 1.82) is 0 Å². The largest absolute Gasteiger partial charge is 0.135 e. The zero-order valence-corrected chi connectivity index (χ0v) is 13.6. The Hall–Kier alpha value is 1.13. The Bertz CT molecular complexity index is 455. The first-order chi connectivity index (χ1) is 6.61. The lowest BCUT2D eigenvalue weighted by molar-refractivity contribution is 1.72. The fraction of sp³-hybridized carbons (Fsp3) is 0. The molecule has 0 amide bonds. The lowest BCUT2D eigenvalue weighted by atomic mass is 10.2. The summed E-state index contributed by atoms with van der Waals surface area (Å²) in [5, 5.41) is 4.10. The molecule has 0 aliphatic heterocycles. The van der Waals surface area contributed by atoms with Crippen LogP contribution in [0.15, 0.2) is 23.5 Å². The van der Waals surface area contributed by atoms with Crippen LogP contribution in [0.25, 0.3) is 11.1 Å². The Morgan fingerprint density at radius 3 is 2.21 bits per heavy atom. The summed E-state index contributed by atoms with van der Waals surface area (Å²) in [5.41, 5.74) is 2.28. The number of hydrogen-bond donors (Lipinski definition) is 0. The molecule has 0 saturated carbocycles. The molecule has 0 fully saturated rings. The summed E-state index contributed by atoms with van der Waals surface area (Å²) in [4.78, 5) is 0. The van der Waals surface area contributed by atoms with E-state index in [9.17, 15) is 0 Å². The molecule has 74 valence electrons. The van der Waals surface area contributed by atoms with Crippen molar-refractivity contribution in [3.63, 3.8) is 0 Å². The molecule has 0 nitrogen and oxygen atoms in total. The molecule has 6 heteroatoms. The van der Waals surface area contributed by atoms with Crippen molar-refractivity contribution in [2.24, 2.45) is 0 Å². The minimum atomic E-state index is 0.782. The van der Waals surface area contributed by atoms with Crippen LogP contribution < -0.4 is 0 Å². The molecule has 0 bridgehead atoms. The van der Waals surface area contributed by atoms with Gasteiger partial charge in [0.25, 0.3) is 0 Å². The van der Waals surface area contributed by atoms with Crippen LogP contribution in [-0.4, -0.2) is 0 Å². The molecule has 2 rings (SSSR count). The number of halogens is 4. The maximum absolute atomic E-state index is 6.00. The van der Waals surface area contributed by atoms with Gasteiger partial charge in [-0.25, -0.2) is 0 Å². The van der Waals surface area contributed by atoms with Crippen LogP contribution in [0.2, 0.25) is 4.34 Å². The number of hydrogen-bond acceptors (Lipinski definition) is 2. The van der Waals surface area contributed by atoms with E-state index in [1.807, 2.05) is 5.38 Å². The van der Waals surface area contributed by atoms with E-state index in [0.717, 1.165) is 28.2 Å². The Labute approximate surface area is 120 Å². The van der Waals surface area contributed by atoms with Gasteiger partial charge in [0.1, 0.15) is 4.34 Å². The van der Waals surface area contributed by atoms with Crippen LogP contribution in [0, 0.1) is 0 Å². The number of rotatable bonds is 1. The van der Waals surface area contributed by atoms with E-state index < -0.39 is 0 Å². The summed E-state index contributed by atoms with van der Waals surface area (Å²) in [5.74, 6) is 0. The smallest absolute Gasteiger partial charge is 0.108 e. The van der Waals surface area contributed by atoms with Gasteiger partial charge in [0.2, 0.25) is 0 Å². The van der Waals surface area contributed by atoms with Crippen molar-refractivity contribution >= 4 is 82.1 Å². The maximum atomic E-state index is 6.00. The van der Waals surface area contributed by atoms with Gasteiger partial charge in [-0.15, -0.1) is 22.7 Å². The third-order valence-electron chi connectivity index (χ3n) is 1.66. The molecule has 2 heterocycles. The van der Waals surface area contributed by atoms with E-state index >= 15 is 0 Å². The predicted molar refractivity (Wildman–Crippen MR) is 75.7 cm³/mol. The van der Waals surface area contributed by atoms with Crippen molar-refractivity contribution < 1.29 is 0 Å². The van der Waals surface area contributed by atoms with Gasteiger partial charge < -0.3 is 0 Å². The Morgan fingerprint density at radius 1 is 1.07 bits per heavy atom. The van der Waals surface area contributed by atoms with Gasteiger partial charge in [-0.3, -0.25) is 0 Å². The minimum Gasteiger partial charge on any atom is -0.135 e. The summed E-state index contributed by atoms with van der Waals surface area (Å²) in [6.45, 7) is 0. The molecule has 0 radical (unpaired) electrons. The fourth-order valence-electron chi connectivity index (χ4n) is 1.04. The second kappa shape index (κ2) is 4.55.